The fourth-order valence-corrected chi connectivity index (χ4v) is 2.75. The van der Waals surface area contributed by atoms with Gasteiger partial charge in [-0.15, -0.1) is 0 Å². The van der Waals surface area contributed by atoms with Crippen molar-refractivity contribution < 1.29 is 9.90 Å². The summed E-state index contributed by atoms with van der Waals surface area (Å²) in [6.45, 7) is 8.36. The summed E-state index contributed by atoms with van der Waals surface area (Å²) in [6, 6.07) is 5.83. The molecule has 0 spiro atoms. The fourth-order valence-electron chi connectivity index (χ4n) is 2.75. The smallest absolute Gasteiger partial charge is 0.253 e. The standard InChI is InChI=1S/C17H26N2O2/c1-4-8-18-15-6-5-14(10-12(15)2)17(21)19-9-7-16(20)13(3)11-19/h5-6,10,13,16,18,20H,4,7-9,11H2,1-3H3. The van der Waals surface area contributed by atoms with E-state index in [0.29, 0.717) is 19.5 Å². The van der Waals surface area contributed by atoms with E-state index < -0.39 is 0 Å². The third-order valence-electron chi connectivity index (χ3n) is 4.19. The number of piperidine rings is 1. The Kier molecular flexibility index (Phi) is 5.23. The van der Waals surface area contributed by atoms with E-state index in [1.54, 1.807) is 0 Å². The SMILES string of the molecule is CCCNc1ccc(C(=O)N2CCC(O)C(C)C2)cc1C. The minimum atomic E-state index is -0.281. The van der Waals surface area contributed by atoms with Crippen molar-refractivity contribution in [2.45, 2.75) is 39.7 Å². The molecule has 0 bridgehead atoms. The number of carbonyl (C=O) groups is 1. The van der Waals surface area contributed by atoms with E-state index in [-0.39, 0.29) is 17.9 Å². The number of amides is 1. The second kappa shape index (κ2) is 6.94. The first-order chi connectivity index (χ1) is 10.0. The molecule has 116 valence electrons. The molecule has 1 aromatic rings. The highest BCUT2D eigenvalue weighted by Gasteiger charge is 2.27. The lowest BCUT2D eigenvalue weighted by Gasteiger charge is -2.34. The van der Waals surface area contributed by atoms with E-state index in [4.69, 9.17) is 0 Å². The zero-order valence-corrected chi connectivity index (χ0v) is 13.2. The monoisotopic (exact) mass is 290 g/mol. The van der Waals surface area contributed by atoms with E-state index in [1.807, 2.05) is 36.9 Å². The molecule has 0 aliphatic carbocycles. The molecule has 2 N–H and O–H groups in total. The van der Waals surface area contributed by atoms with Crippen molar-refractivity contribution in [3.63, 3.8) is 0 Å². The Morgan fingerprint density at radius 1 is 1.48 bits per heavy atom. The van der Waals surface area contributed by atoms with Gasteiger partial charge in [0.15, 0.2) is 0 Å². The van der Waals surface area contributed by atoms with Crippen molar-refractivity contribution in [2.75, 3.05) is 25.0 Å². The van der Waals surface area contributed by atoms with Crippen LogP contribution in [0.4, 0.5) is 5.69 Å². The topological polar surface area (TPSA) is 52.6 Å². The molecule has 2 unspecified atom stereocenters. The van der Waals surface area contributed by atoms with Crippen LogP contribution in [0.5, 0.6) is 0 Å². The molecule has 1 aliphatic heterocycles. The van der Waals surface area contributed by atoms with Crippen molar-refractivity contribution in [1.29, 1.82) is 0 Å². The summed E-state index contributed by atoms with van der Waals surface area (Å²) in [7, 11) is 0. The summed E-state index contributed by atoms with van der Waals surface area (Å²) in [6.07, 6.45) is 1.47. The predicted molar refractivity (Wildman–Crippen MR) is 85.7 cm³/mol. The lowest BCUT2D eigenvalue weighted by atomic mass is 9.96. The lowest BCUT2D eigenvalue weighted by Crippen LogP contribution is -2.44. The maximum absolute atomic E-state index is 12.6. The molecule has 0 aromatic heterocycles. The maximum Gasteiger partial charge on any atom is 0.253 e. The van der Waals surface area contributed by atoms with Crippen LogP contribution in [-0.4, -0.2) is 41.7 Å². The Bertz CT molecular complexity index is 502. The van der Waals surface area contributed by atoms with Crippen molar-refractivity contribution >= 4 is 11.6 Å². The Hall–Kier alpha value is -1.55. The number of anilines is 1. The van der Waals surface area contributed by atoms with Crippen molar-refractivity contribution in [1.82, 2.24) is 4.90 Å². The number of benzene rings is 1. The number of hydrogen-bond acceptors (Lipinski definition) is 3. The number of rotatable bonds is 4. The molecule has 1 aromatic carbocycles. The molecular formula is C17H26N2O2. The van der Waals surface area contributed by atoms with E-state index in [1.165, 1.54) is 0 Å². The van der Waals surface area contributed by atoms with Crippen LogP contribution in [0, 0.1) is 12.8 Å². The van der Waals surface area contributed by atoms with E-state index in [2.05, 4.69) is 12.2 Å². The van der Waals surface area contributed by atoms with Crippen LogP contribution in [0.25, 0.3) is 0 Å². The number of carbonyl (C=O) groups excluding carboxylic acids is 1. The van der Waals surface area contributed by atoms with Gasteiger partial charge in [-0.3, -0.25) is 4.79 Å². The van der Waals surface area contributed by atoms with Gasteiger partial charge in [0.1, 0.15) is 0 Å². The predicted octanol–water partition coefficient (Wildman–Crippen LogP) is 2.66. The van der Waals surface area contributed by atoms with Gasteiger partial charge in [0.25, 0.3) is 5.91 Å². The van der Waals surface area contributed by atoms with E-state index in [9.17, 15) is 9.90 Å². The number of nitrogens with one attached hydrogen (secondary N) is 1. The highest BCUT2D eigenvalue weighted by atomic mass is 16.3. The summed E-state index contributed by atoms with van der Waals surface area (Å²) in [5.41, 5.74) is 2.92. The molecule has 0 radical (unpaired) electrons. The summed E-state index contributed by atoms with van der Waals surface area (Å²) >= 11 is 0. The first-order valence-electron chi connectivity index (χ1n) is 7.84. The van der Waals surface area contributed by atoms with Gasteiger partial charge in [-0.05, 0) is 49.4 Å². The average molecular weight is 290 g/mol. The number of aliphatic hydroxyl groups is 1. The molecule has 1 saturated heterocycles. The fraction of sp³-hybridized carbons (Fsp3) is 0.588. The number of aliphatic hydroxyl groups excluding tert-OH is 1. The van der Waals surface area contributed by atoms with Crippen molar-refractivity contribution in [3.05, 3.63) is 29.3 Å². The van der Waals surface area contributed by atoms with Gasteiger partial charge in [0, 0.05) is 30.9 Å². The van der Waals surface area contributed by atoms with Gasteiger partial charge >= 0.3 is 0 Å². The molecule has 1 fully saturated rings. The van der Waals surface area contributed by atoms with Crippen LogP contribution in [-0.2, 0) is 0 Å². The summed E-state index contributed by atoms with van der Waals surface area (Å²) in [4.78, 5) is 14.4. The molecule has 1 amide bonds. The van der Waals surface area contributed by atoms with E-state index >= 15 is 0 Å². The zero-order chi connectivity index (χ0) is 15.4. The molecule has 1 heterocycles. The number of hydrogen-bond donors (Lipinski definition) is 2. The lowest BCUT2D eigenvalue weighted by molar-refractivity contribution is 0.0297. The maximum atomic E-state index is 12.6. The minimum absolute atomic E-state index is 0.0684. The van der Waals surface area contributed by atoms with Crippen LogP contribution in [0.3, 0.4) is 0 Å². The Morgan fingerprint density at radius 3 is 2.86 bits per heavy atom. The molecule has 4 heteroatoms. The van der Waals surface area contributed by atoms with Crippen molar-refractivity contribution in [2.24, 2.45) is 5.92 Å². The molecule has 0 saturated carbocycles. The number of nitrogens with zero attached hydrogens (tertiary/aromatic N) is 1. The number of aryl methyl sites for hydroxylation is 1. The van der Waals surface area contributed by atoms with E-state index in [0.717, 1.165) is 29.8 Å². The van der Waals surface area contributed by atoms with Crippen LogP contribution >= 0.6 is 0 Å². The normalized spacial score (nSPS) is 22.2. The molecule has 1 aliphatic rings. The largest absolute Gasteiger partial charge is 0.393 e. The van der Waals surface area contributed by atoms with Gasteiger partial charge < -0.3 is 15.3 Å². The van der Waals surface area contributed by atoms with Crippen LogP contribution in [0.15, 0.2) is 18.2 Å². The second-order valence-electron chi connectivity index (χ2n) is 6.04. The summed E-state index contributed by atoms with van der Waals surface area (Å²) in [5, 5.41) is 13.1. The average Bonchev–Trinajstić information content (AvgIpc) is 2.48. The zero-order valence-electron chi connectivity index (χ0n) is 13.2. The Labute approximate surface area is 127 Å². The molecule has 2 atom stereocenters. The first kappa shape index (κ1) is 15.8. The minimum Gasteiger partial charge on any atom is -0.393 e. The number of likely N-dealkylation sites (tertiary alicyclic amines) is 1. The van der Waals surface area contributed by atoms with Crippen LogP contribution < -0.4 is 5.32 Å². The first-order valence-corrected chi connectivity index (χ1v) is 7.84. The van der Waals surface area contributed by atoms with Gasteiger partial charge in [0.05, 0.1) is 6.10 Å². The molecule has 21 heavy (non-hydrogen) atoms. The highest BCUT2D eigenvalue weighted by Crippen LogP contribution is 2.21. The quantitative estimate of drug-likeness (QED) is 0.896. The van der Waals surface area contributed by atoms with Gasteiger partial charge in [0.2, 0.25) is 0 Å². The highest BCUT2D eigenvalue weighted by molar-refractivity contribution is 5.95. The van der Waals surface area contributed by atoms with Crippen LogP contribution in [0.2, 0.25) is 0 Å². The molecule has 4 nitrogen and oxygen atoms in total. The second-order valence-corrected chi connectivity index (χ2v) is 6.04. The van der Waals surface area contributed by atoms with Crippen molar-refractivity contribution in [3.8, 4) is 0 Å². The molecule has 2 rings (SSSR count). The molecular weight excluding hydrogens is 264 g/mol. The van der Waals surface area contributed by atoms with Gasteiger partial charge in [-0.1, -0.05) is 13.8 Å². The Balaban J connectivity index is 2.07. The third-order valence-corrected chi connectivity index (χ3v) is 4.19. The van der Waals surface area contributed by atoms with Gasteiger partial charge in [-0.25, -0.2) is 0 Å². The summed E-state index contributed by atoms with van der Waals surface area (Å²) < 4.78 is 0. The van der Waals surface area contributed by atoms with Crippen LogP contribution in [0.1, 0.15) is 42.6 Å². The Morgan fingerprint density at radius 2 is 2.24 bits per heavy atom. The third kappa shape index (κ3) is 3.76. The summed E-state index contributed by atoms with van der Waals surface area (Å²) in [5.74, 6) is 0.216. The van der Waals surface area contributed by atoms with Gasteiger partial charge in [-0.2, -0.15) is 0 Å².